The minimum absolute atomic E-state index is 0.0328. The van der Waals surface area contributed by atoms with Gasteiger partial charge in [-0.1, -0.05) is 26.8 Å². The van der Waals surface area contributed by atoms with Crippen molar-refractivity contribution in [3.63, 3.8) is 0 Å². The van der Waals surface area contributed by atoms with Crippen LogP contribution in [0.25, 0.3) is 0 Å². The molecule has 1 fully saturated rings. The van der Waals surface area contributed by atoms with Gasteiger partial charge in [0.25, 0.3) is 0 Å². The third kappa shape index (κ3) is 2.67. The highest BCUT2D eigenvalue weighted by atomic mass is 32.2. The molecule has 1 unspecified atom stereocenters. The molecule has 6 heteroatoms. The first-order valence-electron chi connectivity index (χ1n) is 6.68. The van der Waals surface area contributed by atoms with Gasteiger partial charge in [-0.2, -0.15) is 4.31 Å². The van der Waals surface area contributed by atoms with E-state index in [-0.39, 0.29) is 17.0 Å². The van der Waals surface area contributed by atoms with Crippen LogP contribution in [0.5, 0.6) is 0 Å². The van der Waals surface area contributed by atoms with E-state index in [4.69, 9.17) is 5.73 Å². The Balaban J connectivity index is 2.34. The van der Waals surface area contributed by atoms with Crippen LogP contribution in [0.1, 0.15) is 27.2 Å². The van der Waals surface area contributed by atoms with E-state index in [9.17, 15) is 12.8 Å². The minimum Gasteiger partial charge on any atom is -0.398 e. The fourth-order valence-corrected chi connectivity index (χ4v) is 4.24. The topological polar surface area (TPSA) is 63.4 Å². The molecule has 1 heterocycles. The molecule has 112 valence electrons. The second kappa shape index (κ2) is 5.00. The normalized spacial score (nSPS) is 21.3. The van der Waals surface area contributed by atoms with E-state index >= 15 is 0 Å². The van der Waals surface area contributed by atoms with Crippen LogP contribution in [0.3, 0.4) is 0 Å². The smallest absolute Gasteiger partial charge is 0.248 e. The summed E-state index contributed by atoms with van der Waals surface area (Å²) in [5.41, 5.74) is 5.64. The Bertz CT molecular complexity index is 588. The predicted octanol–water partition coefficient (Wildman–Crippen LogP) is 2.46. The van der Waals surface area contributed by atoms with Crippen molar-refractivity contribution in [1.82, 2.24) is 4.31 Å². The minimum atomic E-state index is -3.86. The molecule has 1 saturated heterocycles. The molecule has 0 amide bonds. The van der Waals surface area contributed by atoms with E-state index in [1.165, 1.54) is 16.4 Å². The van der Waals surface area contributed by atoms with Gasteiger partial charge in [0.15, 0.2) is 0 Å². The second-order valence-corrected chi connectivity index (χ2v) is 8.25. The fraction of sp³-hybridized carbons (Fsp3) is 0.571. The zero-order chi connectivity index (χ0) is 15.1. The summed E-state index contributed by atoms with van der Waals surface area (Å²) >= 11 is 0. The third-order valence-corrected chi connectivity index (χ3v) is 5.93. The number of hydrogen-bond acceptors (Lipinski definition) is 3. The summed E-state index contributed by atoms with van der Waals surface area (Å²) in [6, 6.07) is 3.94. The number of hydrogen-bond donors (Lipinski definition) is 1. The Kier molecular flexibility index (Phi) is 3.81. The molecule has 4 nitrogen and oxygen atoms in total. The number of nitrogens with zero attached hydrogens (tertiary/aromatic N) is 1. The van der Waals surface area contributed by atoms with E-state index in [0.29, 0.717) is 13.1 Å². The highest BCUT2D eigenvalue weighted by Gasteiger charge is 2.39. The molecule has 0 bridgehead atoms. The number of nitrogen functional groups attached to an aromatic ring is 1. The van der Waals surface area contributed by atoms with Crippen LogP contribution in [0.2, 0.25) is 0 Å². The Morgan fingerprint density at radius 1 is 1.35 bits per heavy atom. The summed E-state index contributed by atoms with van der Waals surface area (Å²) in [5, 5.41) is 0. The third-order valence-electron chi connectivity index (χ3n) is 3.97. The van der Waals surface area contributed by atoms with Crippen LogP contribution in [-0.4, -0.2) is 25.8 Å². The van der Waals surface area contributed by atoms with Crippen LogP contribution in [-0.2, 0) is 10.0 Å². The van der Waals surface area contributed by atoms with Crippen LogP contribution in [0, 0.1) is 17.2 Å². The molecule has 0 spiro atoms. The van der Waals surface area contributed by atoms with Gasteiger partial charge >= 0.3 is 0 Å². The van der Waals surface area contributed by atoms with Gasteiger partial charge in [-0.25, -0.2) is 12.8 Å². The van der Waals surface area contributed by atoms with Gasteiger partial charge < -0.3 is 5.73 Å². The summed E-state index contributed by atoms with van der Waals surface area (Å²) in [7, 11) is -3.86. The lowest BCUT2D eigenvalue weighted by Gasteiger charge is -2.27. The molecule has 0 radical (unpaired) electrons. The molecule has 0 aromatic heterocycles. The number of rotatable bonds is 2. The average molecular weight is 300 g/mol. The standard InChI is InChI=1S/C14H21FN2O2S/c1-14(2,3)10-7-8-17(9-10)20(18,19)13-11(15)5-4-6-12(13)16/h4-6,10H,7-9,16H2,1-3H3. The van der Waals surface area contributed by atoms with E-state index < -0.39 is 20.7 Å². The van der Waals surface area contributed by atoms with Crippen molar-refractivity contribution < 1.29 is 12.8 Å². The van der Waals surface area contributed by atoms with Gasteiger partial charge in [-0.15, -0.1) is 0 Å². The maximum atomic E-state index is 13.8. The fourth-order valence-electron chi connectivity index (χ4n) is 2.58. The highest BCUT2D eigenvalue weighted by molar-refractivity contribution is 7.89. The largest absolute Gasteiger partial charge is 0.398 e. The van der Waals surface area contributed by atoms with Crippen molar-refractivity contribution in [1.29, 1.82) is 0 Å². The van der Waals surface area contributed by atoms with Gasteiger partial charge in [0.1, 0.15) is 10.7 Å². The zero-order valence-electron chi connectivity index (χ0n) is 12.1. The molecule has 1 aliphatic heterocycles. The molecule has 1 aliphatic rings. The first-order chi connectivity index (χ1) is 9.14. The molecule has 20 heavy (non-hydrogen) atoms. The van der Waals surface area contributed by atoms with Gasteiger partial charge in [0.05, 0.1) is 5.69 Å². The van der Waals surface area contributed by atoms with E-state index in [1.54, 1.807) is 0 Å². The number of sulfonamides is 1. The van der Waals surface area contributed by atoms with Gasteiger partial charge in [-0.05, 0) is 29.9 Å². The first-order valence-corrected chi connectivity index (χ1v) is 8.12. The SMILES string of the molecule is CC(C)(C)C1CCN(S(=O)(=O)c2c(N)cccc2F)C1. The lowest BCUT2D eigenvalue weighted by atomic mass is 9.80. The van der Waals surface area contributed by atoms with Crippen LogP contribution in [0.15, 0.2) is 23.1 Å². The van der Waals surface area contributed by atoms with Crippen LogP contribution in [0.4, 0.5) is 10.1 Å². The monoisotopic (exact) mass is 300 g/mol. The van der Waals surface area contributed by atoms with Gasteiger partial charge in [0, 0.05) is 13.1 Å². The van der Waals surface area contributed by atoms with Gasteiger partial charge in [-0.3, -0.25) is 0 Å². The van der Waals surface area contributed by atoms with Crippen molar-refractivity contribution >= 4 is 15.7 Å². The summed E-state index contributed by atoms with van der Waals surface area (Å²) in [6.45, 7) is 7.10. The Morgan fingerprint density at radius 3 is 2.50 bits per heavy atom. The average Bonchev–Trinajstić information content (AvgIpc) is 2.77. The summed E-state index contributed by atoms with van der Waals surface area (Å²) in [5.74, 6) is -0.519. The molecule has 1 aromatic carbocycles. The summed E-state index contributed by atoms with van der Waals surface area (Å²) in [4.78, 5) is -0.394. The molecule has 1 atom stereocenters. The Morgan fingerprint density at radius 2 is 2.00 bits per heavy atom. The second-order valence-electron chi connectivity index (χ2n) is 6.37. The number of halogens is 1. The lowest BCUT2D eigenvalue weighted by Crippen LogP contribution is -2.32. The molecule has 0 aliphatic carbocycles. The first kappa shape index (κ1) is 15.3. The molecule has 1 aromatic rings. The summed E-state index contributed by atoms with van der Waals surface area (Å²) < 4.78 is 40.3. The Labute approximate surface area is 119 Å². The van der Waals surface area contributed by atoms with Crippen molar-refractivity contribution in [2.45, 2.75) is 32.1 Å². The van der Waals surface area contributed by atoms with E-state index in [0.717, 1.165) is 12.5 Å². The number of nitrogens with two attached hydrogens (primary N) is 1. The molecular formula is C14H21FN2O2S. The van der Waals surface area contributed by atoms with Crippen molar-refractivity contribution in [2.24, 2.45) is 11.3 Å². The van der Waals surface area contributed by atoms with Crippen LogP contribution < -0.4 is 5.73 Å². The molecular weight excluding hydrogens is 279 g/mol. The summed E-state index contributed by atoms with van der Waals surface area (Å²) in [6.07, 6.45) is 0.789. The number of benzene rings is 1. The maximum absolute atomic E-state index is 13.8. The van der Waals surface area contributed by atoms with Crippen molar-refractivity contribution in [2.75, 3.05) is 18.8 Å². The molecule has 0 saturated carbocycles. The number of anilines is 1. The van der Waals surface area contributed by atoms with E-state index in [2.05, 4.69) is 20.8 Å². The molecule has 2 rings (SSSR count). The quantitative estimate of drug-likeness (QED) is 0.853. The lowest BCUT2D eigenvalue weighted by molar-refractivity contribution is 0.252. The highest BCUT2D eigenvalue weighted by Crippen LogP contribution is 2.37. The van der Waals surface area contributed by atoms with Crippen LogP contribution >= 0.6 is 0 Å². The van der Waals surface area contributed by atoms with E-state index in [1.807, 2.05) is 0 Å². The van der Waals surface area contributed by atoms with Crippen molar-refractivity contribution in [3.8, 4) is 0 Å². The van der Waals surface area contributed by atoms with Gasteiger partial charge in [0.2, 0.25) is 10.0 Å². The Hall–Kier alpha value is -1.14. The zero-order valence-corrected chi connectivity index (χ0v) is 12.9. The maximum Gasteiger partial charge on any atom is 0.248 e. The predicted molar refractivity (Wildman–Crippen MR) is 77.1 cm³/mol. The molecule has 2 N–H and O–H groups in total. The van der Waals surface area contributed by atoms with Crippen molar-refractivity contribution in [3.05, 3.63) is 24.0 Å².